The second-order valence-electron chi connectivity index (χ2n) is 8.83. The molecule has 164 valence electrons. The van der Waals surface area contributed by atoms with E-state index >= 15 is 0 Å². The zero-order valence-corrected chi connectivity index (χ0v) is 18.3. The van der Waals surface area contributed by atoms with Crippen LogP contribution in [0.4, 0.5) is 0 Å². The highest BCUT2D eigenvalue weighted by molar-refractivity contribution is 6.11. The molecule has 0 radical (unpaired) electrons. The van der Waals surface area contributed by atoms with Gasteiger partial charge in [-0.05, 0) is 47.6 Å². The average Bonchev–Trinajstić information content (AvgIpc) is 3.24. The second-order valence-corrected chi connectivity index (χ2v) is 8.83. The third-order valence-electron chi connectivity index (χ3n) is 6.97. The fourth-order valence-electron chi connectivity index (χ4n) is 5.16. The molecule has 2 aromatic carbocycles. The van der Waals surface area contributed by atoms with Crippen LogP contribution < -0.4 is 11.2 Å². The molecule has 32 heavy (non-hydrogen) atoms. The lowest BCUT2D eigenvalue weighted by Gasteiger charge is -2.32. The van der Waals surface area contributed by atoms with E-state index in [1.165, 1.54) is 41.2 Å². The monoisotopic (exact) mass is 431 g/mol. The van der Waals surface area contributed by atoms with Gasteiger partial charge in [-0.2, -0.15) is 0 Å². The molecule has 5 rings (SSSR count). The molecule has 1 saturated heterocycles. The van der Waals surface area contributed by atoms with Crippen molar-refractivity contribution in [3.8, 4) is 0 Å². The van der Waals surface area contributed by atoms with Crippen LogP contribution in [0.15, 0.2) is 46.0 Å². The number of rotatable bonds is 3. The molecule has 1 aliphatic carbocycles. The number of carbonyl (C=O) groups excluding carboxylic acids is 2. The highest BCUT2D eigenvalue weighted by Gasteiger charge is 2.32. The largest absolute Gasteiger partial charge is 0.337 e. The lowest BCUT2D eigenvalue weighted by Crippen LogP contribution is -2.46. The van der Waals surface area contributed by atoms with Crippen LogP contribution >= 0.6 is 0 Å². The van der Waals surface area contributed by atoms with E-state index in [2.05, 4.69) is 12.1 Å². The first kappa shape index (κ1) is 20.4. The van der Waals surface area contributed by atoms with Gasteiger partial charge in [0.25, 0.3) is 11.5 Å². The quantitative estimate of drug-likeness (QED) is 0.595. The van der Waals surface area contributed by atoms with Crippen LogP contribution in [0.3, 0.4) is 0 Å². The maximum Gasteiger partial charge on any atom is 0.331 e. The fraction of sp³-hybridized carbons (Fsp3) is 0.360. The van der Waals surface area contributed by atoms with E-state index in [4.69, 9.17) is 0 Å². The Kier molecular flexibility index (Phi) is 4.84. The van der Waals surface area contributed by atoms with Crippen LogP contribution in [0.5, 0.6) is 0 Å². The van der Waals surface area contributed by atoms with E-state index < -0.39 is 11.2 Å². The molecule has 0 saturated carbocycles. The summed E-state index contributed by atoms with van der Waals surface area (Å²) < 4.78 is 2.16. The van der Waals surface area contributed by atoms with Crippen molar-refractivity contribution in [2.24, 2.45) is 20.0 Å². The maximum atomic E-state index is 13.5. The van der Waals surface area contributed by atoms with Crippen LogP contribution in [0, 0.1) is 5.92 Å². The molecular formula is C25H25N3O4. The van der Waals surface area contributed by atoms with Gasteiger partial charge in [0.1, 0.15) is 5.69 Å². The SMILES string of the molecule is Cn1c(C(=O)N2CCCC(C(=O)c3ccc4c5c(cccc35)CC4)C2)cc(=O)n(C)c1=O. The predicted octanol–water partition coefficient (Wildman–Crippen LogP) is 2.07. The van der Waals surface area contributed by atoms with Crippen LogP contribution in [-0.4, -0.2) is 38.8 Å². The molecule has 1 aromatic heterocycles. The number of piperidine rings is 1. The average molecular weight is 431 g/mol. The standard InChI is InChI=1S/C25H25N3O4/c1-26-20(13-21(29)27(2)25(26)32)24(31)28-12-4-6-17(14-28)23(30)19-11-10-16-9-8-15-5-3-7-18(19)22(15)16/h3,5,7,10-11,13,17H,4,6,8-9,12,14H2,1-2H3. The smallest absolute Gasteiger partial charge is 0.331 e. The van der Waals surface area contributed by atoms with Crippen molar-refractivity contribution in [2.75, 3.05) is 13.1 Å². The molecule has 1 aliphatic heterocycles. The number of aryl methyl sites for hydroxylation is 2. The van der Waals surface area contributed by atoms with E-state index in [1.807, 2.05) is 18.2 Å². The van der Waals surface area contributed by atoms with Gasteiger partial charge in [-0.25, -0.2) is 4.79 Å². The Bertz CT molecular complexity index is 1390. The summed E-state index contributed by atoms with van der Waals surface area (Å²) in [6, 6.07) is 11.3. The maximum absolute atomic E-state index is 13.5. The lowest BCUT2D eigenvalue weighted by molar-refractivity contribution is 0.0627. The minimum Gasteiger partial charge on any atom is -0.337 e. The zero-order valence-electron chi connectivity index (χ0n) is 18.3. The molecule has 1 atom stereocenters. The number of amides is 1. The van der Waals surface area contributed by atoms with Crippen LogP contribution in [0.1, 0.15) is 44.8 Å². The normalized spacial score (nSPS) is 17.7. The number of nitrogens with zero attached hydrogens (tertiary/aromatic N) is 3. The Morgan fingerprint density at radius 3 is 2.50 bits per heavy atom. The Hall–Kier alpha value is -3.48. The molecule has 1 fully saturated rings. The number of benzene rings is 2. The van der Waals surface area contributed by atoms with Crippen molar-refractivity contribution in [2.45, 2.75) is 25.7 Å². The molecule has 1 unspecified atom stereocenters. The van der Waals surface area contributed by atoms with E-state index in [0.29, 0.717) is 24.9 Å². The number of likely N-dealkylation sites (tertiary alicyclic amines) is 1. The van der Waals surface area contributed by atoms with Gasteiger partial charge in [-0.15, -0.1) is 0 Å². The number of Topliss-reactive ketones (excluding diaryl/α,β-unsaturated/α-hetero) is 1. The van der Waals surface area contributed by atoms with Gasteiger partial charge in [-0.3, -0.25) is 23.5 Å². The summed E-state index contributed by atoms with van der Waals surface area (Å²) in [7, 11) is 2.86. The highest BCUT2D eigenvalue weighted by Crippen LogP contribution is 2.34. The van der Waals surface area contributed by atoms with Crippen LogP contribution in [0.25, 0.3) is 10.8 Å². The summed E-state index contributed by atoms with van der Waals surface area (Å²) in [4.78, 5) is 52.6. The van der Waals surface area contributed by atoms with Crippen LogP contribution in [0.2, 0.25) is 0 Å². The van der Waals surface area contributed by atoms with Gasteiger partial charge in [-0.1, -0.05) is 30.3 Å². The summed E-state index contributed by atoms with van der Waals surface area (Å²) in [6.07, 6.45) is 3.42. The van der Waals surface area contributed by atoms with Gasteiger partial charge in [0.05, 0.1) is 0 Å². The van der Waals surface area contributed by atoms with E-state index in [0.717, 1.165) is 22.8 Å². The summed E-state index contributed by atoms with van der Waals surface area (Å²) in [5.41, 5.74) is 2.29. The minimum atomic E-state index is -0.543. The summed E-state index contributed by atoms with van der Waals surface area (Å²) >= 11 is 0. The zero-order chi connectivity index (χ0) is 22.6. The first-order valence-electron chi connectivity index (χ1n) is 11.0. The van der Waals surface area contributed by atoms with Gasteiger partial charge < -0.3 is 4.90 Å². The summed E-state index contributed by atoms with van der Waals surface area (Å²) in [6.45, 7) is 0.778. The number of ketones is 1. The Balaban J connectivity index is 1.45. The molecule has 0 spiro atoms. The fourth-order valence-corrected chi connectivity index (χ4v) is 5.16. The number of hydrogen-bond acceptors (Lipinski definition) is 4. The van der Waals surface area contributed by atoms with Gasteiger partial charge >= 0.3 is 5.69 Å². The molecule has 7 heteroatoms. The topological polar surface area (TPSA) is 81.4 Å². The Morgan fingerprint density at radius 2 is 1.72 bits per heavy atom. The van der Waals surface area contributed by atoms with Gasteiger partial charge in [0.2, 0.25) is 0 Å². The number of carbonyl (C=O) groups is 2. The molecular weight excluding hydrogens is 406 g/mol. The molecule has 2 aliphatic rings. The van der Waals surface area contributed by atoms with Crippen molar-refractivity contribution in [1.82, 2.24) is 14.0 Å². The first-order valence-corrected chi connectivity index (χ1v) is 11.0. The third-order valence-corrected chi connectivity index (χ3v) is 6.97. The third kappa shape index (κ3) is 3.11. The minimum absolute atomic E-state index is 0.0518. The highest BCUT2D eigenvalue weighted by atomic mass is 16.2. The van der Waals surface area contributed by atoms with Crippen molar-refractivity contribution in [1.29, 1.82) is 0 Å². The Labute approximate surface area is 184 Å². The molecule has 2 heterocycles. The second kappa shape index (κ2) is 7.58. The molecule has 7 nitrogen and oxygen atoms in total. The van der Waals surface area contributed by atoms with Crippen molar-refractivity contribution in [3.63, 3.8) is 0 Å². The Morgan fingerprint density at radius 1 is 0.969 bits per heavy atom. The van der Waals surface area contributed by atoms with Gasteiger partial charge in [0.15, 0.2) is 5.78 Å². The molecule has 0 bridgehead atoms. The summed E-state index contributed by atoms with van der Waals surface area (Å²) in [5.74, 6) is -0.647. The predicted molar refractivity (Wildman–Crippen MR) is 121 cm³/mol. The lowest BCUT2D eigenvalue weighted by atomic mass is 9.87. The van der Waals surface area contributed by atoms with Crippen LogP contribution in [-0.2, 0) is 26.9 Å². The van der Waals surface area contributed by atoms with Crippen molar-refractivity contribution < 1.29 is 9.59 Å². The van der Waals surface area contributed by atoms with E-state index in [-0.39, 0.29) is 29.8 Å². The summed E-state index contributed by atoms with van der Waals surface area (Å²) in [5, 5.41) is 2.21. The number of hydrogen-bond donors (Lipinski definition) is 0. The van der Waals surface area contributed by atoms with Crippen molar-refractivity contribution >= 4 is 22.5 Å². The van der Waals surface area contributed by atoms with Crippen molar-refractivity contribution in [3.05, 3.63) is 79.6 Å². The molecule has 1 amide bonds. The van der Waals surface area contributed by atoms with E-state index in [9.17, 15) is 19.2 Å². The van der Waals surface area contributed by atoms with E-state index in [1.54, 1.807) is 4.90 Å². The first-order chi connectivity index (χ1) is 15.4. The number of aromatic nitrogens is 2. The molecule has 3 aromatic rings. The van der Waals surface area contributed by atoms with Gasteiger partial charge in [0, 0.05) is 44.7 Å². The molecule has 0 N–H and O–H groups in total.